The Hall–Kier alpha value is -1.59. The van der Waals surface area contributed by atoms with Crippen molar-refractivity contribution in [2.75, 3.05) is 32.7 Å². The Labute approximate surface area is 129 Å². The lowest BCUT2D eigenvalue weighted by atomic mass is 10.1. The van der Waals surface area contributed by atoms with Crippen LogP contribution in [0.1, 0.15) is 22.3 Å². The summed E-state index contributed by atoms with van der Waals surface area (Å²) >= 11 is 5.96. The number of hydrogen-bond donors (Lipinski definition) is 1. The minimum atomic E-state index is -0.789. The summed E-state index contributed by atoms with van der Waals surface area (Å²) in [6.45, 7) is 5.08. The highest BCUT2D eigenvalue weighted by Gasteiger charge is 2.23. The maximum atomic E-state index is 12.5. The van der Waals surface area contributed by atoms with Crippen molar-refractivity contribution in [3.63, 3.8) is 0 Å². The molecule has 114 valence electrons. The Morgan fingerprint density at radius 2 is 1.90 bits per heavy atom. The Morgan fingerprint density at radius 1 is 1.24 bits per heavy atom. The number of carboxylic acids is 1. The molecule has 1 fully saturated rings. The van der Waals surface area contributed by atoms with Gasteiger partial charge in [0, 0.05) is 43.3 Å². The van der Waals surface area contributed by atoms with Crippen LogP contribution in [0.4, 0.5) is 0 Å². The van der Waals surface area contributed by atoms with E-state index in [1.807, 2.05) is 13.0 Å². The number of halogens is 1. The zero-order chi connectivity index (χ0) is 15.4. The molecule has 0 atom stereocenters. The van der Waals surface area contributed by atoms with Gasteiger partial charge in [0.05, 0.1) is 6.42 Å². The van der Waals surface area contributed by atoms with E-state index < -0.39 is 5.97 Å². The number of aliphatic carboxylic acids is 1. The van der Waals surface area contributed by atoms with E-state index in [0.717, 1.165) is 5.56 Å². The Morgan fingerprint density at radius 3 is 2.52 bits per heavy atom. The lowest BCUT2D eigenvalue weighted by Gasteiger charge is -2.34. The largest absolute Gasteiger partial charge is 0.481 e. The highest BCUT2D eigenvalue weighted by molar-refractivity contribution is 6.31. The zero-order valence-corrected chi connectivity index (χ0v) is 12.8. The van der Waals surface area contributed by atoms with E-state index in [2.05, 4.69) is 4.90 Å². The van der Waals surface area contributed by atoms with Gasteiger partial charge in [-0.25, -0.2) is 0 Å². The third kappa shape index (κ3) is 4.19. The lowest BCUT2D eigenvalue weighted by Crippen LogP contribution is -2.49. The molecule has 1 amide bonds. The van der Waals surface area contributed by atoms with E-state index in [1.165, 1.54) is 0 Å². The van der Waals surface area contributed by atoms with Crippen molar-refractivity contribution in [2.45, 2.75) is 13.3 Å². The van der Waals surface area contributed by atoms with Gasteiger partial charge >= 0.3 is 5.97 Å². The van der Waals surface area contributed by atoms with Gasteiger partial charge in [0.25, 0.3) is 5.91 Å². The SMILES string of the molecule is Cc1ccc(Cl)cc1C(=O)N1CCN(CCC(=O)O)CC1. The molecular formula is C15H19ClN2O3. The molecule has 0 aliphatic carbocycles. The molecule has 1 aromatic rings. The Kier molecular flexibility index (Phi) is 5.20. The predicted molar refractivity (Wildman–Crippen MR) is 80.8 cm³/mol. The molecule has 1 aromatic carbocycles. The molecule has 1 heterocycles. The van der Waals surface area contributed by atoms with Gasteiger partial charge in [0.15, 0.2) is 0 Å². The van der Waals surface area contributed by atoms with Gasteiger partial charge in [-0.15, -0.1) is 0 Å². The number of carbonyl (C=O) groups is 2. The maximum absolute atomic E-state index is 12.5. The van der Waals surface area contributed by atoms with Crippen LogP contribution < -0.4 is 0 Å². The molecule has 1 N–H and O–H groups in total. The summed E-state index contributed by atoms with van der Waals surface area (Å²) in [5.74, 6) is -0.795. The normalized spacial score (nSPS) is 16.0. The molecule has 0 unspecified atom stereocenters. The summed E-state index contributed by atoms with van der Waals surface area (Å²) in [5.41, 5.74) is 1.55. The fourth-order valence-electron chi connectivity index (χ4n) is 2.42. The number of benzene rings is 1. The Bertz CT molecular complexity index is 540. The first-order valence-corrected chi connectivity index (χ1v) is 7.35. The van der Waals surface area contributed by atoms with Gasteiger partial charge in [-0.1, -0.05) is 17.7 Å². The molecule has 1 aliphatic rings. The van der Waals surface area contributed by atoms with Crippen LogP contribution in [0.5, 0.6) is 0 Å². The number of rotatable bonds is 4. The molecule has 1 aliphatic heterocycles. The van der Waals surface area contributed by atoms with E-state index in [9.17, 15) is 9.59 Å². The standard InChI is InChI=1S/C15H19ClN2O3/c1-11-2-3-12(16)10-13(11)15(21)18-8-6-17(7-9-18)5-4-14(19)20/h2-3,10H,4-9H2,1H3,(H,19,20). The van der Waals surface area contributed by atoms with Crippen molar-refractivity contribution in [3.05, 3.63) is 34.3 Å². The van der Waals surface area contributed by atoms with Crippen LogP contribution in [0.2, 0.25) is 5.02 Å². The van der Waals surface area contributed by atoms with E-state index in [0.29, 0.717) is 43.3 Å². The number of carboxylic acid groups (broad SMARTS) is 1. The maximum Gasteiger partial charge on any atom is 0.304 e. The van der Waals surface area contributed by atoms with Crippen LogP contribution >= 0.6 is 11.6 Å². The second kappa shape index (κ2) is 6.91. The quantitative estimate of drug-likeness (QED) is 0.922. The number of piperazine rings is 1. The number of hydrogen-bond acceptors (Lipinski definition) is 3. The van der Waals surface area contributed by atoms with E-state index in [4.69, 9.17) is 16.7 Å². The van der Waals surface area contributed by atoms with Gasteiger partial charge in [0.1, 0.15) is 0 Å². The molecule has 0 aromatic heterocycles. The van der Waals surface area contributed by atoms with Crippen LogP contribution in [0.3, 0.4) is 0 Å². The van der Waals surface area contributed by atoms with Gasteiger partial charge in [0.2, 0.25) is 0 Å². The van der Waals surface area contributed by atoms with Crippen molar-refractivity contribution in [3.8, 4) is 0 Å². The number of aryl methyl sites for hydroxylation is 1. The molecule has 1 saturated heterocycles. The minimum absolute atomic E-state index is 0.00659. The van der Waals surface area contributed by atoms with Crippen molar-refractivity contribution in [1.82, 2.24) is 9.80 Å². The zero-order valence-electron chi connectivity index (χ0n) is 12.0. The van der Waals surface area contributed by atoms with Crippen LogP contribution in [0.25, 0.3) is 0 Å². The van der Waals surface area contributed by atoms with Crippen molar-refractivity contribution < 1.29 is 14.7 Å². The van der Waals surface area contributed by atoms with E-state index in [-0.39, 0.29) is 12.3 Å². The van der Waals surface area contributed by atoms with Crippen molar-refractivity contribution >= 4 is 23.5 Å². The Balaban J connectivity index is 1.94. The number of nitrogens with zero attached hydrogens (tertiary/aromatic N) is 2. The molecular weight excluding hydrogens is 292 g/mol. The summed E-state index contributed by atoms with van der Waals surface area (Å²) in [4.78, 5) is 26.9. The molecule has 0 spiro atoms. The second-order valence-corrected chi connectivity index (χ2v) is 5.67. The van der Waals surface area contributed by atoms with Crippen LogP contribution in [0, 0.1) is 6.92 Å². The predicted octanol–water partition coefficient (Wildman–Crippen LogP) is 1.88. The van der Waals surface area contributed by atoms with Crippen LogP contribution in [0.15, 0.2) is 18.2 Å². The third-order valence-corrected chi connectivity index (χ3v) is 3.97. The summed E-state index contributed by atoms with van der Waals surface area (Å²) in [5, 5.41) is 9.25. The van der Waals surface area contributed by atoms with Crippen LogP contribution in [-0.2, 0) is 4.79 Å². The number of amides is 1. The first-order valence-electron chi connectivity index (χ1n) is 6.97. The molecule has 6 heteroatoms. The highest BCUT2D eigenvalue weighted by Crippen LogP contribution is 2.18. The molecule has 21 heavy (non-hydrogen) atoms. The fraction of sp³-hybridized carbons (Fsp3) is 0.467. The number of carbonyl (C=O) groups excluding carboxylic acids is 1. The van der Waals surface area contributed by atoms with Crippen LogP contribution in [-0.4, -0.2) is 59.5 Å². The summed E-state index contributed by atoms with van der Waals surface area (Å²) in [7, 11) is 0. The molecule has 5 nitrogen and oxygen atoms in total. The van der Waals surface area contributed by atoms with Crippen molar-refractivity contribution in [1.29, 1.82) is 0 Å². The topological polar surface area (TPSA) is 60.9 Å². The van der Waals surface area contributed by atoms with Gasteiger partial charge in [-0.05, 0) is 24.6 Å². The first-order chi connectivity index (χ1) is 9.97. The summed E-state index contributed by atoms with van der Waals surface area (Å²) < 4.78 is 0. The monoisotopic (exact) mass is 310 g/mol. The summed E-state index contributed by atoms with van der Waals surface area (Å²) in [6, 6.07) is 5.33. The van der Waals surface area contributed by atoms with E-state index >= 15 is 0 Å². The lowest BCUT2D eigenvalue weighted by molar-refractivity contribution is -0.137. The third-order valence-electron chi connectivity index (χ3n) is 3.73. The van der Waals surface area contributed by atoms with E-state index in [1.54, 1.807) is 17.0 Å². The summed E-state index contributed by atoms with van der Waals surface area (Å²) in [6.07, 6.45) is 0.140. The second-order valence-electron chi connectivity index (χ2n) is 5.24. The first kappa shape index (κ1) is 15.8. The molecule has 0 saturated carbocycles. The minimum Gasteiger partial charge on any atom is -0.481 e. The smallest absolute Gasteiger partial charge is 0.304 e. The fourth-order valence-corrected chi connectivity index (χ4v) is 2.60. The molecule has 0 radical (unpaired) electrons. The molecule has 2 rings (SSSR count). The van der Waals surface area contributed by atoms with Gasteiger partial charge in [-0.3, -0.25) is 14.5 Å². The average Bonchev–Trinajstić information content (AvgIpc) is 2.47. The van der Waals surface area contributed by atoms with Gasteiger partial charge in [-0.2, -0.15) is 0 Å². The molecule has 0 bridgehead atoms. The van der Waals surface area contributed by atoms with Gasteiger partial charge < -0.3 is 10.0 Å². The average molecular weight is 311 g/mol. The highest BCUT2D eigenvalue weighted by atomic mass is 35.5. The van der Waals surface area contributed by atoms with Crippen molar-refractivity contribution in [2.24, 2.45) is 0 Å².